The van der Waals surface area contributed by atoms with E-state index in [2.05, 4.69) is 0 Å². The smallest absolute Gasteiger partial charge is 0.341 e. The van der Waals surface area contributed by atoms with E-state index in [1.165, 1.54) is 0 Å². The van der Waals surface area contributed by atoms with Gasteiger partial charge in [-0.15, -0.1) is 0 Å². The molecule has 5 heteroatoms. The molecule has 0 saturated heterocycles. The molecule has 0 atom stereocenters. The van der Waals surface area contributed by atoms with Crippen LogP contribution in [0.4, 0.5) is 0 Å². The Morgan fingerprint density at radius 3 is 2.20 bits per heavy atom. The first-order chi connectivity index (χ1) is 11.9. The van der Waals surface area contributed by atoms with E-state index in [-0.39, 0.29) is 5.91 Å². The number of ether oxygens (including phenoxy) is 1. The van der Waals surface area contributed by atoms with Crippen molar-refractivity contribution >= 4 is 11.9 Å². The van der Waals surface area contributed by atoms with Crippen molar-refractivity contribution in [3.8, 4) is 5.75 Å². The molecule has 132 valence electrons. The fourth-order valence-corrected chi connectivity index (χ4v) is 2.75. The summed E-state index contributed by atoms with van der Waals surface area (Å²) in [5.74, 6) is -0.564. The Balaban J connectivity index is 2.21. The van der Waals surface area contributed by atoms with Crippen LogP contribution in [-0.2, 0) is 11.3 Å². The van der Waals surface area contributed by atoms with Gasteiger partial charge in [0, 0.05) is 18.7 Å². The van der Waals surface area contributed by atoms with Crippen LogP contribution in [0, 0.1) is 13.8 Å². The van der Waals surface area contributed by atoms with E-state index in [4.69, 9.17) is 9.84 Å². The van der Waals surface area contributed by atoms with E-state index in [1.807, 2.05) is 51.1 Å². The van der Waals surface area contributed by atoms with E-state index in [0.29, 0.717) is 24.4 Å². The van der Waals surface area contributed by atoms with Crippen molar-refractivity contribution in [2.75, 3.05) is 13.2 Å². The Morgan fingerprint density at radius 2 is 1.68 bits per heavy atom. The second kappa shape index (κ2) is 8.33. The van der Waals surface area contributed by atoms with Crippen molar-refractivity contribution in [2.45, 2.75) is 27.3 Å². The Hall–Kier alpha value is -2.82. The van der Waals surface area contributed by atoms with Crippen molar-refractivity contribution < 1.29 is 19.4 Å². The van der Waals surface area contributed by atoms with Crippen LogP contribution in [-0.4, -0.2) is 35.0 Å². The number of amides is 1. The van der Waals surface area contributed by atoms with Crippen molar-refractivity contribution in [1.29, 1.82) is 0 Å². The molecule has 5 nitrogen and oxygen atoms in total. The van der Waals surface area contributed by atoms with Crippen LogP contribution >= 0.6 is 0 Å². The highest BCUT2D eigenvalue weighted by molar-refractivity contribution is 5.95. The summed E-state index contributed by atoms with van der Waals surface area (Å²) in [5, 5.41) is 8.76. The minimum atomic E-state index is -1.03. The first-order valence-electron chi connectivity index (χ1n) is 8.21. The second-order valence-electron chi connectivity index (χ2n) is 5.93. The molecule has 1 N–H and O–H groups in total. The van der Waals surface area contributed by atoms with Crippen molar-refractivity contribution in [2.24, 2.45) is 0 Å². The standard InChI is InChI=1S/C20H23NO4/c1-4-21(12-16-8-6-5-7-9-16)20(24)17-10-14(2)19(15(3)11-17)25-13-18(22)23/h5-11H,4,12-13H2,1-3H3,(H,22,23). The monoisotopic (exact) mass is 341 g/mol. The fourth-order valence-electron chi connectivity index (χ4n) is 2.75. The molecule has 0 unspecified atom stereocenters. The molecule has 0 fully saturated rings. The number of hydrogen-bond acceptors (Lipinski definition) is 3. The third-order valence-corrected chi connectivity index (χ3v) is 3.93. The van der Waals surface area contributed by atoms with Crippen LogP contribution in [0.15, 0.2) is 42.5 Å². The van der Waals surface area contributed by atoms with Gasteiger partial charge in [-0.05, 0) is 49.6 Å². The number of aliphatic carboxylic acids is 1. The minimum absolute atomic E-state index is 0.0534. The van der Waals surface area contributed by atoms with Gasteiger partial charge >= 0.3 is 5.97 Å². The van der Waals surface area contributed by atoms with Gasteiger partial charge in [0.2, 0.25) is 0 Å². The average Bonchev–Trinajstić information content (AvgIpc) is 2.58. The summed E-state index contributed by atoms with van der Waals surface area (Å²) < 4.78 is 5.32. The van der Waals surface area contributed by atoms with Gasteiger partial charge in [0.25, 0.3) is 5.91 Å². The zero-order valence-corrected chi connectivity index (χ0v) is 14.8. The SMILES string of the molecule is CCN(Cc1ccccc1)C(=O)c1cc(C)c(OCC(=O)O)c(C)c1. The number of benzene rings is 2. The zero-order valence-electron chi connectivity index (χ0n) is 14.8. The van der Waals surface area contributed by atoms with Crippen molar-refractivity contribution in [1.82, 2.24) is 4.90 Å². The normalized spacial score (nSPS) is 10.4. The maximum Gasteiger partial charge on any atom is 0.341 e. The van der Waals surface area contributed by atoms with Gasteiger partial charge in [-0.25, -0.2) is 4.79 Å². The van der Waals surface area contributed by atoms with Crippen molar-refractivity contribution in [3.63, 3.8) is 0 Å². The lowest BCUT2D eigenvalue weighted by atomic mass is 10.0. The molecule has 1 amide bonds. The Morgan fingerprint density at radius 1 is 1.08 bits per heavy atom. The summed E-state index contributed by atoms with van der Waals surface area (Å²) in [4.78, 5) is 25.3. The van der Waals surface area contributed by atoms with E-state index in [9.17, 15) is 9.59 Å². The molecule has 0 aliphatic rings. The lowest BCUT2D eigenvalue weighted by molar-refractivity contribution is -0.139. The van der Waals surface area contributed by atoms with Crippen molar-refractivity contribution in [3.05, 3.63) is 64.7 Å². The highest BCUT2D eigenvalue weighted by Crippen LogP contribution is 2.25. The van der Waals surface area contributed by atoms with E-state index < -0.39 is 12.6 Å². The minimum Gasteiger partial charge on any atom is -0.481 e. The van der Waals surface area contributed by atoms with Crippen LogP contribution < -0.4 is 4.74 Å². The Labute approximate surface area is 147 Å². The molecule has 2 rings (SSSR count). The van der Waals surface area contributed by atoms with E-state index >= 15 is 0 Å². The van der Waals surface area contributed by atoms with E-state index in [1.54, 1.807) is 17.0 Å². The van der Waals surface area contributed by atoms with Gasteiger partial charge in [0.15, 0.2) is 6.61 Å². The van der Waals surface area contributed by atoms with Crippen LogP contribution in [0.25, 0.3) is 0 Å². The summed E-state index contributed by atoms with van der Waals surface area (Å²) in [6, 6.07) is 13.3. The molecule has 0 aliphatic heterocycles. The van der Waals surface area contributed by atoms with Gasteiger partial charge in [0.1, 0.15) is 5.75 Å². The molecule has 0 heterocycles. The Bertz CT molecular complexity index is 733. The maximum absolute atomic E-state index is 12.9. The topological polar surface area (TPSA) is 66.8 Å². The molecule has 0 aromatic heterocycles. The number of carbonyl (C=O) groups excluding carboxylic acids is 1. The van der Waals surface area contributed by atoms with Crippen LogP contribution in [0.2, 0.25) is 0 Å². The van der Waals surface area contributed by atoms with Gasteiger partial charge in [-0.3, -0.25) is 4.79 Å². The highest BCUT2D eigenvalue weighted by atomic mass is 16.5. The summed E-state index contributed by atoms with van der Waals surface area (Å²) >= 11 is 0. The maximum atomic E-state index is 12.9. The zero-order chi connectivity index (χ0) is 18.4. The molecule has 0 bridgehead atoms. The molecule has 0 radical (unpaired) electrons. The van der Waals surface area contributed by atoms with Gasteiger partial charge < -0.3 is 14.7 Å². The summed E-state index contributed by atoms with van der Waals surface area (Å²) in [6.45, 7) is 6.33. The Kier molecular flexibility index (Phi) is 6.17. The highest BCUT2D eigenvalue weighted by Gasteiger charge is 2.17. The van der Waals surface area contributed by atoms with E-state index in [0.717, 1.165) is 16.7 Å². The number of carboxylic acids is 1. The van der Waals surface area contributed by atoms with Crippen LogP contribution in [0.5, 0.6) is 5.75 Å². The predicted molar refractivity (Wildman–Crippen MR) is 95.9 cm³/mol. The lowest BCUT2D eigenvalue weighted by Gasteiger charge is -2.22. The molecule has 0 saturated carbocycles. The first kappa shape index (κ1) is 18.5. The summed E-state index contributed by atoms with van der Waals surface area (Å²) in [5.41, 5.74) is 3.16. The van der Waals surface area contributed by atoms with Gasteiger partial charge in [-0.1, -0.05) is 30.3 Å². The average molecular weight is 341 g/mol. The molecule has 0 spiro atoms. The molecular weight excluding hydrogens is 318 g/mol. The number of carbonyl (C=O) groups is 2. The summed E-state index contributed by atoms with van der Waals surface area (Å²) in [7, 11) is 0. The quantitative estimate of drug-likeness (QED) is 0.838. The predicted octanol–water partition coefficient (Wildman–Crippen LogP) is 3.43. The third-order valence-electron chi connectivity index (χ3n) is 3.93. The number of hydrogen-bond donors (Lipinski definition) is 1. The molecule has 2 aromatic carbocycles. The van der Waals surface area contributed by atoms with Gasteiger partial charge in [-0.2, -0.15) is 0 Å². The second-order valence-corrected chi connectivity index (χ2v) is 5.93. The third kappa shape index (κ3) is 4.83. The number of nitrogens with zero attached hydrogens (tertiary/aromatic N) is 1. The number of aryl methyl sites for hydroxylation is 2. The molecule has 0 aliphatic carbocycles. The first-order valence-corrected chi connectivity index (χ1v) is 8.21. The molecular formula is C20H23NO4. The molecule has 2 aromatic rings. The lowest BCUT2D eigenvalue weighted by Crippen LogP contribution is -2.30. The largest absolute Gasteiger partial charge is 0.481 e. The number of carboxylic acid groups (broad SMARTS) is 1. The number of rotatable bonds is 7. The molecule has 25 heavy (non-hydrogen) atoms. The fraction of sp³-hybridized carbons (Fsp3) is 0.300. The van der Waals surface area contributed by atoms with Gasteiger partial charge in [0.05, 0.1) is 0 Å². The van der Waals surface area contributed by atoms with Crippen LogP contribution in [0.1, 0.15) is 34.0 Å². The van der Waals surface area contributed by atoms with Crippen LogP contribution in [0.3, 0.4) is 0 Å². The summed E-state index contributed by atoms with van der Waals surface area (Å²) in [6.07, 6.45) is 0.